The Morgan fingerprint density at radius 1 is 1.16 bits per heavy atom. The van der Waals surface area contributed by atoms with Gasteiger partial charge in [-0.15, -0.1) is 11.3 Å². The lowest BCUT2D eigenvalue weighted by atomic mass is 9.99. The lowest BCUT2D eigenvalue weighted by Crippen LogP contribution is -2.18. The Morgan fingerprint density at radius 3 is 2.37 bits per heavy atom. The van der Waals surface area contributed by atoms with Crippen molar-refractivity contribution in [1.82, 2.24) is 5.32 Å². The molecule has 0 radical (unpaired) electrons. The van der Waals surface area contributed by atoms with E-state index in [2.05, 4.69) is 5.32 Å². The van der Waals surface area contributed by atoms with Crippen LogP contribution in [0.15, 0.2) is 18.2 Å². The van der Waals surface area contributed by atoms with Crippen LogP contribution >= 0.6 is 46.1 Å². The van der Waals surface area contributed by atoms with Crippen LogP contribution in [0.2, 0.25) is 13.7 Å². The molecule has 19 heavy (non-hydrogen) atoms. The summed E-state index contributed by atoms with van der Waals surface area (Å²) in [5.74, 6) is -0.321. The zero-order chi connectivity index (χ0) is 14.2. The molecule has 1 atom stereocenters. The zero-order valence-corrected chi connectivity index (χ0v) is 13.3. The number of hydrogen-bond acceptors (Lipinski definition) is 2. The van der Waals surface area contributed by atoms with Gasteiger partial charge in [0.15, 0.2) is 0 Å². The maximum atomic E-state index is 13.5. The molecule has 0 bridgehead atoms. The quantitative estimate of drug-likeness (QED) is 0.783. The molecule has 0 fully saturated rings. The summed E-state index contributed by atoms with van der Waals surface area (Å²) in [7, 11) is 1.79. The molecule has 1 nitrogen and oxygen atoms in total. The van der Waals surface area contributed by atoms with E-state index in [1.54, 1.807) is 26.1 Å². The summed E-state index contributed by atoms with van der Waals surface area (Å²) in [6, 6.07) is 4.62. The van der Waals surface area contributed by atoms with E-state index in [4.69, 9.17) is 34.8 Å². The van der Waals surface area contributed by atoms with E-state index in [9.17, 15) is 4.39 Å². The molecule has 102 valence electrons. The molecule has 0 saturated heterocycles. The second-order valence-electron chi connectivity index (χ2n) is 4.12. The van der Waals surface area contributed by atoms with Crippen LogP contribution < -0.4 is 5.32 Å². The van der Waals surface area contributed by atoms with Gasteiger partial charge in [0.1, 0.15) is 5.82 Å². The molecule has 1 aromatic carbocycles. The van der Waals surface area contributed by atoms with Crippen molar-refractivity contribution in [2.24, 2.45) is 0 Å². The van der Waals surface area contributed by atoms with Crippen LogP contribution in [0.25, 0.3) is 0 Å². The number of nitrogens with one attached hydrogen (secondary N) is 1. The number of aryl methyl sites for hydroxylation is 1. The lowest BCUT2D eigenvalue weighted by molar-refractivity contribution is 0.614. The van der Waals surface area contributed by atoms with Crippen molar-refractivity contribution in [2.45, 2.75) is 13.0 Å². The first-order chi connectivity index (χ1) is 8.93. The number of halogens is 4. The third-order valence-corrected chi connectivity index (χ3v) is 4.72. The molecule has 6 heteroatoms. The van der Waals surface area contributed by atoms with E-state index >= 15 is 0 Å². The number of rotatable bonds is 3. The maximum Gasteiger partial charge on any atom is 0.127 e. The zero-order valence-electron chi connectivity index (χ0n) is 10.2. The number of benzene rings is 1. The first kappa shape index (κ1) is 15.1. The van der Waals surface area contributed by atoms with Gasteiger partial charge in [0.25, 0.3) is 0 Å². The molecule has 0 aliphatic rings. The van der Waals surface area contributed by atoms with Gasteiger partial charge in [0.05, 0.1) is 14.7 Å². The summed E-state index contributed by atoms with van der Waals surface area (Å²) < 4.78 is 14.7. The molecule has 0 saturated carbocycles. The molecule has 0 aliphatic carbocycles. The van der Waals surface area contributed by atoms with Crippen LogP contribution in [-0.4, -0.2) is 7.05 Å². The van der Waals surface area contributed by atoms with E-state index in [-0.39, 0.29) is 11.9 Å². The molecule has 0 aliphatic heterocycles. The highest BCUT2D eigenvalue weighted by atomic mass is 35.5. The average molecular weight is 339 g/mol. The van der Waals surface area contributed by atoms with Gasteiger partial charge in [-0.1, -0.05) is 34.8 Å². The van der Waals surface area contributed by atoms with Gasteiger partial charge < -0.3 is 5.32 Å². The van der Waals surface area contributed by atoms with Gasteiger partial charge in [0, 0.05) is 10.6 Å². The summed E-state index contributed by atoms with van der Waals surface area (Å²) in [6.07, 6.45) is 0. The molecule has 1 unspecified atom stereocenters. The van der Waals surface area contributed by atoms with Gasteiger partial charge in [-0.3, -0.25) is 0 Å². The number of thiophene rings is 1. The lowest BCUT2D eigenvalue weighted by Gasteiger charge is -2.18. The van der Waals surface area contributed by atoms with E-state index in [1.807, 2.05) is 0 Å². The summed E-state index contributed by atoms with van der Waals surface area (Å²) in [4.78, 5) is 0. The van der Waals surface area contributed by atoms with E-state index in [0.29, 0.717) is 19.3 Å². The summed E-state index contributed by atoms with van der Waals surface area (Å²) >= 11 is 19.6. The van der Waals surface area contributed by atoms with Crippen molar-refractivity contribution in [2.75, 3.05) is 7.05 Å². The van der Waals surface area contributed by atoms with Crippen molar-refractivity contribution >= 4 is 46.1 Å². The van der Waals surface area contributed by atoms with Gasteiger partial charge >= 0.3 is 0 Å². The Bertz CT molecular complexity index is 612. The standard InChI is InChI=1S/C13H11Cl3FNS/c1-6-3-7(9(14)5-10(6)17)12(18-2)8-4-11(15)19-13(8)16/h3-5,12,18H,1-2H3. The molecular formula is C13H11Cl3FNS. The maximum absolute atomic E-state index is 13.5. The fraction of sp³-hybridized carbons (Fsp3) is 0.231. The van der Waals surface area contributed by atoms with Gasteiger partial charge in [-0.2, -0.15) is 0 Å². The molecular weight excluding hydrogens is 328 g/mol. The molecule has 1 N–H and O–H groups in total. The van der Waals surface area contributed by atoms with E-state index in [1.165, 1.54) is 17.4 Å². The minimum absolute atomic E-state index is 0.219. The third-order valence-electron chi connectivity index (χ3n) is 2.87. The van der Waals surface area contributed by atoms with Crippen molar-refractivity contribution < 1.29 is 4.39 Å². The highest BCUT2D eigenvalue weighted by Gasteiger charge is 2.21. The molecule has 2 rings (SSSR count). The highest BCUT2D eigenvalue weighted by molar-refractivity contribution is 7.20. The Hall–Kier alpha value is -0.320. The van der Waals surface area contributed by atoms with Crippen LogP contribution in [0.5, 0.6) is 0 Å². The predicted octanol–water partition coefficient (Wildman–Crippen LogP) is 5.46. The topological polar surface area (TPSA) is 12.0 Å². The Balaban J connectivity index is 2.54. The van der Waals surface area contributed by atoms with Crippen molar-refractivity contribution in [3.63, 3.8) is 0 Å². The molecule has 0 amide bonds. The summed E-state index contributed by atoms with van der Waals surface area (Å²) in [5.41, 5.74) is 2.16. The minimum atomic E-state index is -0.321. The fourth-order valence-corrected chi connectivity index (χ4v) is 3.72. The molecule has 1 heterocycles. The van der Waals surface area contributed by atoms with Crippen molar-refractivity contribution in [3.8, 4) is 0 Å². The van der Waals surface area contributed by atoms with Crippen LogP contribution in [0.1, 0.15) is 22.7 Å². The second-order valence-corrected chi connectivity index (χ2v) is 6.82. The van der Waals surface area contributed by atoms with Gasteiger partial charge in [-0.05, 0) is 43.3 Å². The SMILES string of the molecule is CNC(c1cc(C)c(F)cc1Cl)c1cc(Cl)sc1Cl. The molecule has 2 aromatic rings. The van der Waals surface area contributed by atoms with Crippen LogP contribution in [0.3, 0.4) is 0 Å². The number of hydrogen-bond donors (Lipinski definition) is 1. The smallest absolute Gasteiger partial charge is 0.127 e. The summed E-state index contributed by atoms with van der Waals surface area (Å²) in [6.45, 7) is 1.70. The monoisotopic (exact) mass is 337 g/mol. The largest absolute Gasteiger partial charge is 0.309 e. The van der Waals surface area contributed by atoms with Gasteiger partial charge in [-0.25, -0.2) is 4.39 Å². The first-order valence-corrected chi connectivity index (χ1v) is 7.46. The average Bonchev–Trinajstić information content (AvgIpc) is 2.66. The summed E-state index contributed by atoms with van der Waals surface area (Å²) in [5, 5.41) is 3.49. The van der Waals surface area contributed by atoms with Crippen LogP contribution in [0.4, 0.5) is 4.39 Å². The van der Waals surface area contributed by atoms with Gasteiger partial charge in [0.2, 0.25) is 0 Å². The normalized spacial score (nSPS) is 12.7. The Morgan fingerprint density at radius 2 is 1.84 bits per heavy atom. The Kier molecular flexibility index (Phi) is 4.75. The molecule has 1 aromatic heterocycles. The highest BCUT2D eigenvalue weighted by Crippen LogP contribution is 2.39. The van der Waals surface area contributed by atoms with Crippen LogP contribution in [0, 0.1) is 12.7 Å². The van der Waals surface area contributed by atoms with Crippen molar-refractivity contribution in [3.05, 3.63) is 54.4 Å². The minimum Gasteiger partial charge on any atom is -0.309 e. The second kappa shape index (κ2) is 5.98. The predicted molar refractivity (Wildman–Crippen MR) is 81.4 cm³/mol. The van der Waals surface area contributed by atoms with Crippen LogP contribution in [-0.2, 0) is 0 Å². The fourth-order valence-electron chi connectivity index (χ4n) is 1.93. The van der Waals surface area contributed by atoms with Crippen molar-refractivity contribution in [1.29, 1.82) is 0 Å². The first-order valence-electron chi connectivity index (χ1n) is 5.51. The third kappa shape index (κ3) is 3.06. The van der Waals surface area contributed by atoms with E-state index < -0.39 is 0 Å². The Labute approximate surface area is 130 Å². The molecule has 0 spiro atoms. The van der Waals surface area contributed by atoms with E-state index in [0.717, 1.165) is 11.1 Å².